The number of likely N-dealkylation sites (N-methyl/N-ethyl adjacent to an activating group) is 1. The molecule has 0 aromatic carbocycles. The number of carboxylic acid groups (broad SMARTS) is 1. The van der Waals surface area contributed by atoms with Crippen LogP contribution in [-0.2, 0) is 14.3 Å². The first-order valence-corrected chi connectivity index (χ1v) is 3.93. The SMILES string of the molecule is CC(=O)OCCCN(C)[CH]C(=O)O. The number of ether oxygens (including phenoxy) is 1. The van der Waals surface area contributed by atoms with Gasteiger partial charge in [-0.2, -0.15) is 0 Å². The van der Waals surface area contributed by atoms with Crippen LogP contribution in [0.4, 0.5) is 0 Å². The van der Waals surface area contributed by atoms with Gasteiger partial charge in [0, 0.05) is 13.5 Å². The standard InChI is InChI=1S/C8H14NO4/c1-7(10)13-5-3-4-9(2)6-8(11)12/h6H,3-5H2,1-2H3,(H,11,12). The van der Waals surface area contributed by atoms with Gasteiger partial charge in [0.1, 0.15) is 6.54 Å². The first kappa shape index (κ1) is 11.9. The Kier molecular flexibility index (Phi) is 5.88. The lowest BCUT2D eigenvalue weighted by molar-refractivity contribution is -0.141. The summed E-state index contributed by atoms with van der Waals surface area (Å²) in [4.78, 5) is 22.0. The zero-order chi connectivity index (χ0) is 10.3. The van der Waals surface area contributed by atoms with Crippen molar-refractivity contribution >= 4 is 11.9 Å². The average Bonchev–Trinajstić information content (AvgIpc) is 1.96. The average molecular weight is 188 g/mol. The number of carbonyl (C=O) groups excluding carboxylic acids is 1. The maximum absolute atomic E-state index is 10.3. The number of esters is 1. The van der Waals surface area contributed by atoms with Crippen molar-refractivity contribution in [2.45, 2.75) is 13.3 Å². The molecule has 0 aliphatic heterocycles. The van der Waals surface area contributed by atoms with E-state index < -0.39 is 5.97 Å². The molecular formula is C8H14NO4. The number of carboxylic acids is 1. The topological polar surface area (TPSA) is 66.8 Å². The Morgan fingerprint density at radius 3 is 2.62 bits per heavy atom. The van der Waals surface area contributed by atoms with Crippen molar-refractivity contribution in [1.82, 2.24) is 4.90 Å². The molecule has 1 N–H and O–H groups in total. The summed E-state index contributed by atoms with van der Waals surface area (Å²) < 4.78 is 4.67. The van der Waals surface area contributed by atoms with E-state index in [1.54, 1.807) is 7.05 Å². The molecule has 0 aliphatic rings. The van der Waals surface area contributed by atoms with E-state index in [0.717, 1.165) is 6.54 Å². The van der Waals surface area contributed by atoms with Crippen molar-refractivity contribution < 1.29 is 19.4 Å². The van der Waals surface area contributed by atoms with Gasteiger partial charge < -0.3 is 9.84 Å². The summed E-state index contributed by atoms with van der Waals surface area (Å²) in [6.45, 7) is 3.30. The first-order valence-electron chi connectivity index (χ1n) is 3.93. The predicted molar refractivity (Wildman–Crippen MR) is 45.8 cm³/mol. The fourth-order valence-electron chi connectivity index (χ4n) is 0.783. The van der Waals surface area contributed by atoms with Crippen LogP contribution in [0.1, 0.15) is 13.3 Å². The van der Waals surface area contributed by atoms with Gasteiger partial charge in [0.15, 0.2) is 0 Å². The number of nitrogens with zero attached hydrogens (tertiary/aromatic N) is 1. The lowest BCUT2D eigenvalue weighted by Crippen LogP contribution is -2.22. The number of aliphatic carboxylic acids is 1. The maximum atomic E-state index is 10.3. The first-order chi connectivity index (χ1) is 6.02. The summed E-state index contributed by atoms with van der Waals surface area (Å²) in [5.74, 6) is -1.29. The van der Waals surface area contributed by atoms with Crippen LogP contribution >= 0.6 is 0 Å². The summed E-state index contributed by atoms with van der Waals surface area (Å²) in [5.41, 5.74) is 0. The van der Waals surface area contributed by atoms with Crippen molar-refractivity contribution in [3.8, 4) is 0 Å². The van der Waals surface area contributed by atoms with Gasteiger partial charge in [-0.05, 0) is 13.5 Å². The lowest BCUT2D eigenvalue weighted by atomic mass is 10.4. The molecule has 0 heterocycles. The Morgan fingerprint density at radius 2 is 2.15 bits per heavy atom. The van der Waals surface area contributed by atoms with E-state index in [1.165, 1.54) is 11.8 Å². The minimum Gasteiger partial charge on any atom is -0.480 e. The smallest absolute Gasteiger partial charge is 0.323 e. The van der Waals surface area contributed by atoms with Gasteiger partial charge in [-0.1, -0.05) is 0 Å². The molecule has 0 bridgehead atoms. The van der Waals surface area contributed by atoms with E-state index in [2.05, 4.69) is 4.74 Å². The van der Waals surface area contributed by atoms with Crippen LogP contribution in [0.2, 0.25) is 0 Å². The third-order valence-electron chi connectivity index (χ3n) is 1.29. The normalized spacial score (nSPS) is 10.1. The van der Waals surface area contributed by atoms with Crippen molar-refractivity contribution in [3.63, 3.8) is 0 Å². The lowest BCUT2D eigenvalue weighted by Gasteiger charge is -2.12. The summed E-state index contributed by atoms with van der Waals surface area (Å²) in [6, 6.07) is 0. The molecule has 0 spiro atoms. The van der Waals surface area contributed by atoms with Crippen LogP contribution in [0.25, 0.3) is 0 Å². The molecule has 0 saturated heterocycles. The number of hydrogen-bond donors (Lipinski definition) is 1. The molecule has 0 aliphatic carbocycles. The van der Waals surface area contributed by atoms with E-state index in [-0.39, 0.29) is 5.97 Å². The zero-order valence-corrected chi connectivity index (χ0v) is 7.82. The molecule has 0 amide bonds. The van der Waals surface area contributed by atoms with Crippen LogP contribution in [0.5, 0.6) is 0 Å². The Balaban J connectivity index is 3.31. The number of carbonyl (C=O) groups is 2. The molecule has 13 heavy (non-hydrogen) atoms. The molecule has 0 unspecified atom stereocenters. The second kappa shape index (κ2) is 6.42. The fraction of sp³-hybridized carbons (Fsp3) is 0.625. The second-order valence-corrected chi connectivity index (χ2v) is 2.64. The van der Waals surface area contributed by atoms with E-state index in [0.29, 0.717) is 19.6 Å². The minimum atomic E-state index is -0.977. The Bertz CT molecular complexity index is 181. The summed E-state index contributed by atoms with van der Waals surface area (Å²) in [7, 11) is 1.65. The predicted octanol–water partition coefficient (Wildman–Crippen LogP) is 0.118. The van der Waals surface area contributed by atoms with Crippen LogP contribution < -0.4 is 0 Å². The molecule has 0 aromatic rings. The van der Waals surface area contributed by atoms with E-state index >= 15 is 0 Å². The van der Waals surface area contributed by atoms with Crippen molar-refractivity contribution in [1.29, 1.82) is 0 Å². The van der Waals surface area contributed by atoms with Gasteiger partial charge in [-0.15, -0.1) is 0 Å². The fourth-order valence-corrected chi connectivity index (χ4v) is 0.783. The highest BCUT2D eigenvalue weighted by atomic mass is 16.5. The van der Waals surface area contributed by atoms with Crippen LogP contribution in [-0.4, -0.2) is 42.1 Å². The highest BCUT2D eigenvalue weighted by Gasteiger charge is 2.04. The summed E-state index contributed by atoms with van der Waals surface area (Å²) in [6.07, 6.45) is 0.625. The number of rotatable bonds is 6. The van der Waals surface area contributed by atoms with Crippen LogP contribution in [0.3, 0.4) is 0 Å². The van der Waals surface area contributed by atoms with Gasteiger partial charge in [0.2, 0.25) is 0 Å². The van der Waals surface area contributed by atoms with Gasteiger partial charge in [0.05, 0.1) is 6.61 Å². The molecule has 5 heteroatoms. The zero-order valence-electron chi connectivity index (χ0n) is 7.82. The van der Waals surface area contributed by atoms with Crippen molar-refractivity contribution in [2.24, 2.45) is 0 Å². The second-order valence-electron chi connectivity index (χ2n) is 2.64. The highest BCUT2D eigenvalue weighted by molar-refractivity contribution is 5.75. The molecule has 1 radical (unpaired) electrons. The van der Waals surface area contributed by atoms with E-state index in [9.17, 15) is 9.59 Å². The molecule has 75 valence electrons. The molecule has 0 fully saturated rings. The molecule has 0 saturated carbocycles. The minimum absolute atomic E-state index is 0.315. The van der Waals surface area contributed by atoms with E-state index in [4.69, 9.17) is 5.11 Å². The quantitative estimate of drug-likeness (QED) is 0.473. The molecular weight excluding hydrogens is 174 g/mol. The highest BCUT2D eigenvalue weighted by Crippen LogP contribution is 1.92. The van der Waals surface area contributed by atoms with Gasteiger partial charge in [-0.3, -0.25) is 14.5 Å². The van der Waals surface area contributed by atoms with E-state index in [1.807, 2.05) is 0 Å². The van der Waals surface area contributed by atoms with Gasteiger partial charge in [-0.25, -0.2) is 0 Å². The Morgan fingerprint density at radius 1 is 1.54 bits per heavy atom. The monoisotopic (exact) mass is 188 g/mol. The Hall–Kier alpha value is -1.10. The molecule has 0 aromatic heterocycles. The van der Waals surface area contributed by atoms with Crippen molar-refractivity contribution in [3.05, 3.63) is 6.54 Å². The van der Waals surface area contributed by atoms with Gasteiger partial charge in [0.25, 0.3) is 0 Å². The van der Waals surface area contributed by atoms with Gasteiger partial charge >= 0.3 is 11.9 Å². The maximum Gasteiger partial charge on any atom is 0.323 e. The molecule has 0 atom stereocenters. The van der Waals surface area contributed by atoms with Crippen molar-refractivity contribution in [2.75, 3.05) is 20.2 Å². The van der Waals surface area contributed by atoms with Crippen LogP contribution in [0.15, 0.2) is 0 Å². The molecule has 0 rings (SSSR count). The largest absolute Gasteiger partial charge is 0.480 e. The third-order valence-corrected chi connectivity index (χ3v) is 1.29. The Labute approximate surface area is 77.3 Å². The third kappa shape index (κ3) is 8.81. The number of hydrogen-bond acceptors (Lipinski definition) is 4. The molecule has 5 nitrogen and oxygen atoms in total. The summed E-state index contributed by atoms with van der Waals surface area (Å²) >= 11 is 0. The summed E-state index contributed by atoms with van der Waals surface area (Å²) in [5, 5.41) is 8.35. The van der Waals surface area contributed by atoms with Crippen LogP contribution in [0, 0.1) is 6.54 Å².